The topological polar surface area (TPSA) is 120 Å². The van der Waals surface area contributed by atoms with Crippen LogP contribution in [-0.4, -0.2) is 44.6 Å². The molecule has 0 saturated heterocycles. The van der Waals surface area contributed by atoms with Crippen molar-refractivity contribution in [3.63, 3.8) is 0 Å². The van der Waals surface area contributed by atoms with Crippen molar-refractivity contribution < 1.29 is 33.4 Å². The average molecular weight is 414 g/mol. The Morgan fingerprint density at radius 1 is 0.767 bits per heavy atom. The van der Waals surface area contributed by atoms with Gasteiger partial charge < -0.3 is 24.8 Å². The second-order valence-electron chi connectivity index (χ2n) is 6.05. The normalized spacial score (nSPS) is 9.93. The largest absolute Gasteiger partial charge is 0.497 e. The van der Waals surface area contributed by atoms with Gasteiger partial charge in [-0.2, -0.15) is 0 Å². The summed E-state index contributed by atoms with van der Waals surface area (Å²) in [5, 5.41) is 5.18. The van der Waals surface area contributed by atoms with E-state index in [4.69, 9.17) is 9.47 Å². The van der Waals surface area contributed by atoms with Gasteiger partial charge in [-0.1, -0.05) is 0 Å². The number of rotatable bonds is 9. The van der Waals surface area contributed by atoms with E-state index in [1.165, 1.54) is 31.4 Å². The standard InChI is InChI=1S/C21H22N2O7/c1-28-17-9-7-16(8-10-17)22-18(24)11-12-20(26)30-13-19(25)23-15-5-3-14(4-6-15)21(27)29-2/h3-10H,11-13H2,1-2H3,(H,22,24)(H,23,25). The fourth-order valence-corrected chi connectivity index (χ4v) is 2.34. The molecule has 0 unspecified atom stereocenters. The Morgan fingerprint density at radius 2 is 1.33 bits per heavy atom. The molecule has 0 spiro atoms. The number of ether oxygens (including phenoxy) is 3. The van der Waals surface area contributed by atoms with Gasteiger partial charge >= 0.3 is 11.9 Å². The van der Waals surface area contributed by atoms with Crippen molar-refractivity contribution in [2.24, 2.45) is 0 Å². The molecule has 0 aliphatic heterocycles. The minimum atomic E-state index is -0.670. The van der Waals surface area contributed by atoms with E-state index >= 15 is 0 Å². The molecule has 0 heterocycles. The first-order valence-electron chi connectivity index (χ1n) is 8.99. The van der Waals surface area contributed by atoms with Crippen LogP contribution in [0.4, 0.5) is 11.4 Å². The number of nitrogens with one attached hydrogen (secondary N) is 2. The molecular weight excluding hydrogens is 392 g/mol. The van der Waals surface area contributed by atoms with Crippen LogP contribution in [0, 0.1) is 0 Å². The number of esters is 2. The summed E-state index contributed by atoms with van der Waals surface area (Å²) in [4.78, 5) is 46.8. The smallest absolute Gasteiger partial charge is 0.337 e. The Labute approximate surface area is 173 Å². The lowest BCUT2D eigenvalue weighted by atomic mass is 10.2. The Hall–Kier alpha value is -3.88. The molecule has 0 fully saturated rings. The van der Waals surface area contributed by atoms with Crippen LogP contribution in [0.15, 0.2) is 48.5 Å². The van der Waals surface area contributed by atoms with E-state index < -0.39 is 24.5 Å². The van der Waals surface area contributed by atoms with E-state index in [1.807, 2.05) is 0 Å². The predicted octanol–water partition coefficient (Wildman–Crippen LogP) is 2.38. The minimum Gasteiger partial charge on any atom is -0.497 e. The quantitative estimate of drug-likeness (QED) is 0.605. The van der Waals surface area contributed by atoms with Gasteiger partial charge in [0.1, 0.15) is 5.75 Å². The molecule has 9 heteroatoms. The first-order valence-corrected chi connectivity index (χ1v) is 8.99. The number of carbonyl (C=O) groups excluding carboxylic acids is 4. The highest BCUT2D eigenvalue weighted by Gasteiger charge is 2.12. The van der Waals surface area contributed by atoms with Crippen LogP contribution < -0.4 is 15.4 Å². The van der Waals surface area contributed by atoms with Crippen molar-refractivity contribution in [3.8, 4) is 5.75 Å². The Balaban J connectivity index is 1.68. The SMILES string of the molecule is COC(=O)c1ccc(NC(=O)COC(=O)CCC(=O)Nc2ccc(OC)cc2)cc1. The van der Waals surface area contributed by atoms with Crippen LogP contribution >= 0.6 is 0 Å². The van der Waals surface area contributed by atoms with Gasteiger partial charge in [-0.05, 0) is 48.5 Å². The van der Waals surface area contributed by atoms with Crippen molar-refractivity contribution in [2.75, 3.05) is 31.5 Å². The lowest BCUT2D eigenvalue weighted by molar-refractivity contribution is -0.147. The van der Waals surface area contributed by atoms with Gasteiger partial charge in [0.05, 0.1) is 26.2 Å². The number of amides is 2. The first kappa shape index (κ1) is 22.4. The van der Waals surface area contributed by atoms with E-state index in [0.717, 1.165) is 0 Å². The molecule has 0 aliphatic rings. The lowest BCUT2D eigenvalue weighted by Crippen LogP contribution is -2.21. The predicted molar refractivity (Wildman–Crippen MR) is 108 cm³/mol. The maximum Gasteiger partial charge on any atom is 0.337 e. The summed E-state index contributed by atoms with van der Waals surface area (Å²) in [5.74, 6) is -1.40. The van der Waals surface area contributed by atoms with Gasteiger partial charge in [0, 0.05) is 17.8 Å². The molecule has 2 aromatic rings. The Bertz CT molecular complexity index is 893. The van der Waals surface area contributed by atoms with E-state index in [0.29, 0.717) is 22.7 Å². The molecular formula is C21H22N2O7. The monoisotopic (exact) mass is 414 g/mol. The van der Waals surface area contributed by atoms with Gasteiger partial charge in [-0.15, -0.1) is 0 Å². The maximum atomic E-state index is 11.9. The number of carbonyl (C=O) groups is 4. The van der Waals surface area contributed by atoms with Crippen LogP contribution in [0.25, 0.3) is 0 Å². The Kier molecular flexibility index (Phi) is 8.37. The highest BCUT2D eigenvalue weighted by molar-refractivity contribution is 5.95. The van der Waals surface area contributed by atoms with Crippen molar-refractivity contribution in [1.29, 1.82) is 0 Å². The molecule has 0 radical (unpaired) electrons. The van der Waals surface area contributed by atoms with E-state index in [1.54, 1.807) is 31.4 Å². The van der Waals surface area contributed by atoms with Crippen molar-refractivity contribution in [3.05, 3.63) is 54.1 Å². The summed E-state index contributed by atoms with van der Waals surface area (Å²) in [6, 6.07) is 12.8. The van der Waals surface area contributed by atoms with Crippen LogP contribution in [-0.2, 0) is 23.9 Å². The van der Waals surface area contributed by atoms with E-state index in [9.17, 15) is 19.2 Å². The summed E-state index contributed by atoms with van der Waals surface area (Å²) in [7, 11) is 2.81. The van der Waals surface area contributed by atoms with Crippen molar-refractivity contribution in [2.45, 2.75) is 12.8 Å². The molecule has 0 aliphatic carbocycles. The summed E-state index contributed by atoms with van der Waals surface area (Å²) in [6.45, 7) is -0.488. The van der Waals surface area contributed by atoms with E-state index in [-0.39, 0.29) is 18.7 Å². The highest BCUT2D eigenvalue weighted by atomic mass is 16.5. The summed E-state index contributed by atoms with van der Waals surface area (Å²) in [6.07, 6.45) is -0.245. The van der Waals surface area contributed by atoms with Crippen LogP contribution in [0.5, 0.6) is 5.75 Å². The van der Waals surface area contributed by atoms with Gasteiger partial charge in [0.2, 0.25) is 5.91 Å². The second kappa shape index (κ2) is 11.2. The zero-order valence-electron chi connectivity index (χ0n) is 16.6. The molecule has 2 amide bonds. The molecule has 0 bridgehead atoms. The molecule has 0 atom stereocenters. The molecule has 30 heavy (non-hydrogen) atoms. The number of anilines is 2. The number of methoxy groups -OCH3 is 2. The highest BCUT2D eigenvalue weighted by Crippen LogP contribution is 2.15. The third kappa shape index (κ3) is 7.27. The van der Waals surface area contributed by atoms with Gasteiger partial charge in [-0.25, -0.2) is 4.79 Å². The minimum absolute atomic E-state index is 0.0819. The van der Waals surface area contributed by atoms with Crippen molar-refractivity contribution >= 4 is 35.1 Å². The fourth-order valence-electron chi connectivity index (χ4n) is 2.34. The molecule has 158 valence electrons. The third-order valence-electron chi connectivity index (χ3n) is 3.88. The molecule has 9 nitrogen and oxygen atoms in total. The zero-order chi connectivity index (χ0) is 21.9. The van der Waals surface area contributed by atoms with Crippen molar-refractivity contribution in [1.82, 2.24) is 0 Å². The first-order chi connectivity index (χ1) is 14.4. The number of hydrogen-bond donors (Lipinski definition) is 2. The Morgan fingerprint density at radius 3 is 1.90 bits per heavy atom. The summed E-state index contributed by atoms with van der Waals surface area (Å²) in [5.41, 5.74) is 1.35. The zero-order valence-corrected chi connectivity index (χ0v) is 16.6. The van der Waals surface area contributed by atoms with Gasteiger partial charge in [-0.3, -0.25) is 14.4 Å². The van der Waals surface area contributed by atoms with E-state index in [2.05, 4.69) is 15.4 Å². The molecule has 2 rings (SSSR count). The third-order valence-corrected chi connectivity index (χ3v) is 3.88. The number of benzene rings is 2. The summed E-state index contributed by atoms with van der Waals surface area (Å²) >= 11 is 0. The van der Waals surface area contributed by atoms with Crippen LogP contribution in [0.1, 0.15) is 23.2 Å². The number of hydrogen-bond acceptors (Lipinski definition) is 7. The molecule has 2 N–H and O–H groups in total. The van der Waals surface area contributed by atoms with Gasteiger partial charge in [0.25, 0.3) is 5.91 Å². The fraction of sp³-hybridized carbons (Fsp3) is 0.238. The van der Waals surface area contributed by atoms with Crippen LogP contribution in [0.3, 0.4) is 0 Å². The maximum absolute atomic E-state index is 11.9. The van der Waals surface area contributed by atoms with Crippen LogP contribution in [0.2, 0.25) is 0 Å². The molecule has 2 aromatic carbocycles. The average Bonchev–Trinajstić information content (AvgIpc) is 2.76. The van der Waals surface area contributed by atoms with Gasteiger partial charge in [0.15, 0.2) is 6.61 Å². The molecule has 0 saturated carbocycles. The lowest BCUT2D eigenvalue weighted by Gasteiger charge is -2.08. The summed E-state index contributed by atoms with van der Waals surface area (Å²) < 4.78 is 14.5. The second-order valence-corrected chi connectivity index (χ2v) is 6.05. The molecule has 0 aromatic heterocycles.